The Labute approximate surface area is 122 Å². The van der Waals surface area contributed by atoms with Gasteiger partial charge in [0.2, 0.25) is 14.6 Å². The van der Waals surface area contributed by atoms with E-state index in [0.717, 1.165) is 22.2 Å². The molecule has 1 aromatic carbocycles. The van der Waals surface area contributed by atoms with Crippen molar-refractivity contribution in [3.8, 4) is 0 Å². The molecular weight excluding hydrogens is 249 g/mol. The smallest absolute Gasteiger partial charge is 0.214 e. The fourth-order valence-corrected chi connectivity index (χ4v) is 2.19. The summed E-state index contributed by atoms with van der Waals surface area (Å²) in [6, 6.07) is 0.280. The molecule has 3 rings (SSSR count). The largest absolute Gasteiger partial charge is 0.277 e. The predicted octanol–water partition coefficient (Wildman–Crippen LogP) is 2.82. The van der Waals surface area contributed by atoms with E-state index >= 15 is 0 Å². The number of aliphatic imine (C=N–C) groups is 2. The van der Waals surface area contributed by atoms with E-state index in [9.17, 15) is 4.39 Å². The van der Waals surface area contributed by atoms with Gasteiger partial charge >= 0.3 is 0 Å². The van der Waals surface area contributed by atoms with Crippen molar-refractivity contribution in [2.24, 2.45) is 9.98 Å². The molecule has 0 spiro atoms. The van der Waals surface area contributed by atoms with Crippen molar-refractivity contribution in [3.05, 3.63) is 34.7 Å². The van der Waals surface area contributed by atoms with Crippen molar-refractivity contribution >= 4 is 36.9 Å². The summed E-state index contributed by atoms with van der Waals surface area (Å²) >= 11 is 0. The van der Waals surface area contributed by atoms with Crippen LogP contribution in [0.3, 0.4) is 0 Å². The molecule has 100 valence electrons. The SMILES string of the molecule is CC1=CN=C(C)[B]1.[2H]c1c(C)c(F)c2c(c1C)[B]C(C)=N2. The minimum Gasteiger partial charge on any atom is -0.277 e. The van der Waals surface area contributed by atoms with Gasteiger partial charge < -0.3 is 0 Å². The van der Waals surface area contributed by atoms with E-state index in [-0.39, 0.29) is 11.9 Å². The Balaban J connectivity index is 0.000000194. The molecule has 5 heteroatoms. The number of rotatable bonds is 0. The average Bonchev–Trinajstić information content (AvgIpc) is 3.00. The Morgan fingerprint density at radius 1 is 1.05 bits per heavy atom. The van der Waals surface area contributed by atoms with E-state index in [0.29, 0.717) is 11.3 Å². The van der Waals surface area contributed by atoms with Crippen LogP contribution in [-0.2, 0) is 0 Å². The molecule has 0 unspecified atom stereocenters. The first-order chi connectivity index (χ1) is 9.81. The number of hydrogen-bond donors (Lipinski definition) is 0. The van der Waals surface area contributed by atoms with E-state index < -0.39 is 0 Å². The number of nitrogens with zero attached hydrogens (tertiary/aromatic N) is 2. The van der Waals surface area contributed by atoms with Gasteiger partial charge in [0, 0.05) is 6.20 Å². The van der Waals surface area contributed by atoms with Crippen molar-refractivity contribution in [2.45, 2.75) is 34.6 Å². The molecule has 20 heavy (non-hydrogen) atoms. The van der Waals surface area contributed by atoms with Gasteiger partial charge in [-0.25, -0.2) is 4.39 Å². The molecule has 0 fully saturated rings. The van der Waals surface area contributed by atoms with Gasteiger partial charge in [0.05, 0.1) is 7.06 Å². The molecule has 0 N–H and O–H groups in total. The Hall–Kier alpha value is -1.64. The topological polar surface area (TPSA) is 24.7 Å². The summed E-state index contributed by atoms with van der Waals surface area (Å²) in [6.45, 7) is 9.32. The third-order valence-electron chi connectivity index (χ3n) is 3.12. The molecule has 0 saturated carbocycles. The normalized spacial score (nSPS) is 15.9. The van der Waals surface area contributed by atoms with Crippen LogP contribution in [0, 0.1) is 19.7 Å². The minimum atomic E-state index is -0.358. The maximum Gasteiger partial charge on any atom is 0.214 e. The first kappa shape index (κ1) is 13.3. The molecule has 2 nitrogen and oxygen atoms in total. The van der Waals surface area contributed by atoms with E-state index in [4.69, 9.17) is 1.37 Å². The van der Waals surface area contributed by atoms with Crippen LogP contribution in [0.5, 0.6) is 0 Å². The third kappa shape index (κ3) is 3.09. The van der Waals surface area contributed by atoms with Crippen LogP contribution in [-0.4, -0.2) is 25.8 Å². The monoisotopic (exact) mass is 267 g/mol. The molecule has 0 aromatic heterocycles. The fraction of sp³-hybridized carbons (Fsp3) is 0.333. The second-order valence-electron chi connectivity index (χ2n) is 5.14. The van der Waals surface area contributed by atoms with Gasteiger partial charge in [0.1, 0.15) is 0 Å². The molecule has 0 saturated heterocycles. The van der Waals surface area contributed by atoms with Crippen LogP contribution >= 0.6 is 0 Å². The van der Waals surface area contributed by atoms with Crippen LogP contribution in [0.4, 0.5) is 10.1 Å². The Morgan fingerprint density at radius 3 is 2.25 bits per heavy atom. The zero-order chi connectivity index (χ0) is 15.7. The van der Waals surface area contributed by atoms with Crippen molar-refractivity contribution in [3.63, 3.8) is 0 Å². The van der Waals surface area contributed by atoms with Crippen molar-refractivity contribution < 1.29 is 5.76 Å². The Bertz CT molecular complexity index is 678. The Morgan fingerprint density at radius 2 is 1.75 bits per heavy atom. The molecule has 2 aliphatic heterocycles. The highest BCUT2D eigenvalue weighted by Gasteiger charge is 2.20. The van der Waals surface area contributed by atoms with Gasteiger partial charge in [-0.2, -0.15) is 0 Å². The summed E-state index contributed by atoms with van der Waals surface area (Å²) in [5.41, 5.74) is 5.50. The van der Waals surface area contributed by atoms with E-state index in [1.54, 1.807) is 6.92 Å². The molecule has 0 atom stereocenters. The van der Waals surface area contributed by atoms with Crippen molar-refractivity contribution in [1.29, 1.82) is 0 Å². The summed E-state index contributed by atoms with van der Waals surface area (Å²) in [4.78, 5) is 8.13. The van der Waals surface area contributed by atoms with Crippen LogP contribution in [0.1, 0.15) is 33.3 Å². The maximum atomic E-state index is 13.7. The summed E-state index contributed by atoms with van der Waals surface area (Å²) in [6.07, 6.45) is 1.87. The first-order valence-electron chi connectivity index (χ1n) is 7.06. The predicted molar refractivity (Wildman–Crippen MR) is 86.7 cm³/mol. The molecule has 2 radical (unpaired) electrons. The zero-order valence-corrected chi connectivity index (χ0v) is 12.5. The summed E-state index contributed by atoms with van der Waals surface area (Å²) in [7, 11) is 3.88. The van der Waals surface area contributed by atoms with E-state index in [1.165, 1.54) is 5.47 Å². The molecular formula is C15H17B2FN2. The quantitative estimate of drug-likeness (QED) is 0.646. The highest BCUT2D eigenvalue weighted by atomic mass is 19.1. The lowest BCUT2D eigenvalue weighted by molar-refractivity contribution is 0.621. The van der Waals surface area contributed by atoms with Crippen molar-refractivity contribution in [1.82, 2.24) is 0 Å². The summed E-state index contributed by atoms with van der Waals surface area (Å²) < 4.78 is 21.4. The highest BCUT2D eigenvalue weighted by Crippen LogP contribution is 2.23. The number of benzene rings is 1. The molecule has 0 amide bonds. The second kappa shape index (κ2) is 5.78. The van der Waals surface area contributed by atoms with Gasteiger partial charge in [-0.15, -0.1) is 0 Å². The fourth-order valence-electron chi connectivity index (χ4n) is 2.19. The van der Waals surface area contributed by atoms with Crippen LogP contribution < -0.4 is 5.46 Å². The standard InChI is InChI=1S/C10H10BFN.C5H7BN/c1-5-4-6(2)9(12)10-8(5)11-7(3)13-10;1-4-3-7-5(2)6-4/h4H,1-3H3;3H,1-2H3/i4D;. The van der Waals surface area contributed by atoms with Crippen LogP contribution in [0.25, 0.3) is 0 Å². The maximum absolute atomic E-state index is 13.7. The highest BCUT2D eigenvalue weighted by molar-refractivity contribution is 6.88. The zero-order valence-electron chi connectivity index (χ0n) is 13.5. The lowest BCUT2D eigenvalue weighted by Gasteiger charge is -2.06. The number of allylic oxidation sites excluding steroid dienone is 1. The lowest BCUT2D eigenvalue weighted by atomic mass is 9.66. The average molecular weight is 267 g/mol. The summed E-state index contributed by atoms with van der Waals surface area (Å²) in [5, 5.41) is 0. The summed E-state index contributed by atoms with van der Waals surface area (Å²) in [5.74, 6) is -0.358. The number of hydrogen-bond acceptors (Lipinski definition) is 2. The molecule has 0 aliphatic carbocycles. The molecule has 2 aliphatic rings. The van der Waals surface area contributed by atoms with E-state index in [2.05, 4.69) is 17.3 Å². The lowest BCUT2D eigenvalue weighted by Crippen LogP contribution is -2.19. The first-order valence-corrected chi connectivity index (χ1v) is 6.56. The molecule has 2 heterocycles. The number of halogens is 1. The van der Waals surface area contributed by atoms with Gasteiger partial charge in [0.15, 0.2) is 5.82 Å². The van der Waals surface area contributed by atoms with Gasteiger partial charge in [-0.05, 0) is 49.9 Å². The van der Waals surface area contributed by atoms with Gasteiger partial charge in [-0.1, -0.05) is 24.0 Å². The Kier molecular flexibility index (Phi) is 3.86. The second-order valence-corrected chi connectivity index (χ2v) is 5.14. The van der Waals surface area contributed by atoms with Gasteiger partial charge in [0.25, 0.3) is 0 Å². The van der Waals surface area contributed by atoms with Crippen LogP contribution in [0.2, 0.25) is 0 Å². The molecule has 0 bridgehead atoms. The number of fused-ring (bicyclic) bond motifs is 1. The molecule has 1 aromatic rings. The van der Waals surface area contributed by atoms with E-state index in [1.807, 2.05) is 41.2 Å². The van der Waals surface area contributed by atoms with Crippen LogP contribution in [0.15, 0.2) is 27.7 Å². The van der Waals surface area contributed by atoms with Crippen molar-refractivity contribution in [2.75, 3.05) is 0 Å². The third-order valence-corrected chi connectivity index (χ3v) is 3.12. The minimum absolute atomic E-state index is 0.280. The van der Waals surface area contributed by atoms with Gasteiger partial charge in [-0.3, -0.25) is 9.98 Å².